The average Bonchev–Trinajstić information content (AvgIpc) is 2.52. The molecule has 0 spiro atoms. The highest BCUT2D eigenvalue weighted by Gasteiger charge is 2.26. The number of nitrogens with zero attached hydrogens (tertiary/aromatic N) is 11. The molecule has 446 valence electrons. The van der Waals surface area contributed by atoms with E-state index in [0.717, 1.165) is 29.5 Å². The van der Waals surface area contributed by atoms with Crippen molar-refractivity contribution >= 4 is 164 Å². The Balaban J connectivity index is 0.00000194. The van der Waals surface area contributed by atoms with Gasteiger partial charge in [-0.3, -0.25) is 22.6 Å². The predicted octanol–water partition coefficient (Wildman–Crippen LogP) is 10.7. The van der Waals surface area contributed by atoms with Crippen LogP contribution in [0.4, 0.5) is 39.3 Å². The first-order valence-corrected chi connectivity index (χ1v) is 32.0. The number of phenolic OH excluding ortho intramolecular Hbond substituents is 1. The number of rotatable bonds is 23. The second-order valence-electron chi connectivity index (χ2n) is 16.9. The van der Waals surface area contributed by atoms with Gasteiger partial charge in [0.05, 0.1) is 57.5 Å². The summed E-state index contributed by atoms with van der Waals surface area (Å²) < 4.78 is 146. The maximum atomic E-state index is 12.9. The quantitative estimate of drug-likeness (QED) is 0.00736. The largest absolute Gasteiger partial charge is 0.505 e. The zero-order valence-corrected chi connectivity index (χ0v) is 49.1. The normalized spacial score (nSPS) is 12.6. The van der Waals surface area contributed by atoms with Crippen LogP contribution in [0.3, 0.4) is 0 Å². The molecule has 0 saturated heterocycles. The molecule has 40 heteroatoms. The van der Waals surface area contributed by atoms with Gasteiger partial charge in [-0.1, -0.05) is 45.1 Å². The molecule has 0 fully saturated rings. The van der Waals surface area contributed by atoms with Crippen LogP contribution in [0.2, 0.25) is 5.02 Å². The number of hydrogen-bond acceptors (Lipinski definition) is 30. The van der Waals surface area contributed by atoms with Crippen LogP contribution < -0.4 is 9.64 Å². The second kappa shape index (κ2) is 27.0. The van der Waals surface area contributed by atoms with Crippen molar-refractivity contribution in [3.63, 3.8) is 0 Å². The first kappa shape index (κ1) is 64.6. The van der Waals surface area contributed by atoms with Crippen molar-refractivity contribution in [3.05, 3.63) is 82.9 Å². The molecule has 0 aliphatic heterocycles. The van der Waals surface area contributed by atoms with Crippen LogP contribution in [0.5, 0.6) is 17.4 Å². The number of halogens is 1. The van der Waals surface area contributed by atoms with Gasteiger partial charge in [-0.2, -0.15) is 38.9 Å². The molecule has 5 aromatic carbocycles. The van der Waals surface area contributed by atoms with Crippen molar-refractivity contribution in [2.24, 2.45) is 30.7 Å². The highest BCUT2D eigenvalue weighted by Crippen LogP contribution is 2.49. The van der Waals surface area contributed by atoms with Gasteiger partial charge in [0.1, 0.15) is 55.4 Å². The number of aromatic nitrogens is 3. The third-order valence-corrected chi connectivity index (χ3v) is 16.1. The lowest BCUT2D eigenvalue weighted by Crippen LogP contribution is -2.27. The van der Waals surface area contributed by atoms with E-state index in [0.29, 0.717) is 29.3 Å². The number of hydrogen-bond donors (Lipinski definition) is 8. The van der Waals surface area contributed by atoms with Crippen LogP contribution in [-0.2, 0) is 59.2 Å². The van der Waals surface area contributed by atoms with Crippen LogP contribution in [0.1, 0.15) is 24.0 Å². The minimum absolute atomic E-state index is 0.000666. The SMILES string of the molecule is COc1cc(N=Nc2c(SOOO)cc3cc(S(=O)(=O)O)c(N=Nc4c(C)c(C#N)c5nc6ccccc6n5c4O)cc3c2O)c(N(CCCSOOO)CCCS(=O)(=O)O)cc1N=Nc1nc2c(S(=O)(=O)O)cc(Cl)cc2s1.CS(=O)(=O)O. The molecule has 84 heavy (non-hydrogen) atoms. The van der Waals surface area contributed by atoms with Crippen LogP contribution in [0.15, 0.2) is 112 Å². The Kier molecular flexibility index (Phi) is 20.8. The Bertz CT molecular complexity index is 4460. The summed E-state index contributed by atoms with van der Waals surface area (Å²) in [5, 5.41) is 84.0. The molecule has 0 amide bonds. The molecule has 0 unspecified atom stereocenters. The summed E-state index contributed by atoms with van der Waals surface area (Å²) in [4.78, 5) is 8.63. The highest BCUT2D eigenvalue weighted by molar-refractivity contribution is 7.95. The number of anilines is 1. The number of benzene rings is 5. The van der Waals surface area contributed by atoms with Gasteiger partial charge in [0.2, 0.25) is 11.0 Å². The Morgan fingerprint density at radius 1 is 0.786 bits per heavy atom. The maximum Gasteiger partial charge on any atom is 0.296 e. The number of azo groups is 3. The first-order valence-electron chi connectivity index (χ1n) is 22.8. The van der Waals surface area contributed by atoms with Gasteiger partial charge >= 0.3 is 0 Å². The Hall–Kier alpha value is -6.92. The van der Waals surface area contributed by atoms with Gasteiger partial charge in [-0.25, -0.2) is 20.5 Å². The predicted molar refractivity (Wildman–Crippen MR) is 302 cm³/mol. The number of fused-ring (bicyclic) bond motifs is 5. The van der Waals surface area contributed by atoms with Gasteiger partial charge in [-0.05, 0) is 73.7 Å². The van der Waals surface area contributed by atoms with Crippen molar-refractivity contribution in [1.82, 2.24) is 14.4 Å². The Morgan fingerprint density at radius 2 is 1.44 bits per heavy atom. The second-order valence-corrected chi connectivity index (χ2v) is 25.7. The number of imidazole rings is 1. The molecule has 0 saturated carbocycles. The van der Waals surface area contributed by atoms with E-state index in [9.17, 15) is 62.8 Å². The molecule has 0 bridgehead atoms. The third-order valence-electron chi connectivity index (χ3n) is 11.2. The van der Waals surface area contributed by atoms with E-state index >= 15 is 0 Å². The van der Waals surface area contributed by atoms with Crippen LogP contribution >= 0.6 is 47.0 Å². The van der Waals surface area contributed by atoms with Crippen molar-refractivity contribution < 1.29 is 96.1 Å². The van der Waals surface area contributed by atoms with E-state index in [2.05, 4.69) is 59.4 Å². The summed E-state index contributed by atoms with van der Waals surface area (Å²) in [5.41, 5.74) is -0.437. The van der Waals surface area contributed by atoms with Crippen LogP contribution in [0, 0.1) is 18.3 Å². The molecule has 8 aromatic rings. The monoisotopic (exact) mass is 1320 g/mol. The topological polar surface area (TPSA) is 476 Å². The molecule has 0 radical (unpaired) electrons. The summed E-state index contributed by atoms with van der Waals surface area (Å²) in [6.07, 6.45) is 0.788. The lowest BCUT2D eigenvalue weighted by molar-refractivity contribution is -0.432. The van der Waals surface area contributed by atoms with E-state index in [1.807, 2.05) is 6.07 Å². The Morgan fingerprint density at radius 3 is 2.10 bits per heavy atom. The number of ether oxygens (including phenoxy) is 1. The van der Waals surface area contributed by atoms with Crippen molar-refractivity contribution in [1.29, 1.82) is 5.26 Å². The van der Waals surface area contributed by atoms with Gasteiger partial charge in [0, 0.05) is 52.9 Å². The fraction of sp³-hybridized carbons (Fsp3) is 0.205. The van der Waals surface area contributed by atoms with Crippen molar-refractivity contribution in [3.8, 4) is 23.4 Å². The number of para-hydroxylation sites is 2. The maximum absolute atomic E-state index is 12.9. The molecule has 0 aliphatic rings. The van der Waals surface area contributed by atoms with Crippen molar-refractivity contribution in [2.75, 3.05) is 42.9 Å². The summed E-state index contributed by atoms with van der Waals surface area (Å²) in [6, 6.07) is 16.9. The molecule has 3 aromatic heterocycles. The third kappa shape index (κ3) is 15.9. The summed E-state index contributed by atoms with van der Waals surface area (Å²) >= 11 is 7.95. The number of thiazole rings is 1. The van der Waals surface area contributed by atoms with Crippen LogP contribution in [-0.4, -0.2) is 125 Å². The Labute approximate surface area is 491 Å². The number of aromatic hydroxyl groups is 2. The van der Waals surface area contributed by atoms with E-state index in [1.165, 1.54) is 42.7 Å². The molecule has 32 nitrogen and oxygen atoms in total. The summed E-state index contributed by atoms with van der Waals surface area (Å²) in [6.45, 7) is 1.41. The fourth-order valence-electron chi connectivity index (χ4n) is 7.86. The lowest BCUT2D eigenvalue weighted by atomic mass is 10.1. The fourth-order valence-corrected chi connectivity index (χ4v) is 11.8. The molecule has 8 N–H and O–H groups in total. The average molecular weight is 1320 g/mol. The highest BCUT2D eigenvalue weighted by atomic mass is 35.5. The van der Waals surface area contributed by atoms with E-state index in [1.54, 1.807) is 29.2 Å². The molecule has 0 aliphatic carbocycles. The molecule has 8 rings (SSSR count). The first-order chi connectivity index (χ1) is 39.5. The zero-order chi connectivity index (χ0) is 61.5. The van der Waals surface area contributed by atoms with Crippen LogP contribution in [0.25, 0.3) is 37.7 Å². The zero-order valence-electron chi connectivity index (χ0n) is 42.6. The van der Waals surface area contributed by atoms with Gasteiger partial charge in [-0.15, -0.1) is 39.4 Å². The van der Waals surface area contributed by atoms with E-state index < -0.39 is 79.0 Å². The number of nitriles is 1. The minimum atomic E-state index is -5.15. The number of pyridine rings is 1. The van der Waals surface area contributed by atoms with E-state index in [-0.39, 0.29) is 125 Å². The standard InChI is InChI=1S/C43H36ClN11O18S6.CH4O3S/c1-21-25(20-45)41-46-26-7-3-4-8-30(26)55(41)42(57)37(21)51-50-29-17-24-22(14-35(29)78(63,64)65)13-34(76-73-71-59)39(40(24)56)52-48-27-19-32(69-2)28(18-31(27)54(9-5-11-74-72-70-58)10-6-12-77(60,61)62)49-53-43-47-38-33(75-43)15-23(44)16-36(38)79(66,67)68;1-5(2,3)4/h3-4,7-8,13-19,56-59H,5-6,9-12H2,1-2H3,(H,60,61,62)(H,63,64,65)(H,66,67,68);1H3,(H,2,3,4). The molecular weight excluding hydrogens is 1280 g/mol. The van der Waals surface area contributed by atoms with E-state index in [4.69, 9.17) is 31.4 Å². The molecule has 3 heterocycles. The van der Waals surface area contributed by atoms with Gasteiger partial charge in [0.15, 0.2) is 17.1 Å². The summed E-state index contributed by atoms with van der Waals surface area (Å²) in [5.74, 6) is -1.83. The molecule has 0 atom stereocenters. The molecular formula is C44H40ClN11O21S7. The minimum Gasteiger partial charge on any atom is -0.505 e. The smallest absolute Gasteiger partial charge is 0.296 e. The van der Waals surface area contributed by atoms with Gasteiger partial charge < -0.3 is 19.8 Å². The summed E-state index contributed by atoms with van der Waals surface area (Å²) in [7, 11) is -16.8. The lowest BCUT2D eigenvalue weighted by Gasteiger charge is -2.26. The van der Waals surface area contributed by atoms with Crippen molar-refractivity contribution in [2.45, 2.75) is 34.5 Å². The van der Waals surface area contributed by atoms with Gasteiger partial charge in [0.25, 0.3) is 40.5 Å². The number of phenols is 1. The number of methoxy groups -OCH3 is 1.